The Hall–Kier alpha value is -1.18. The molecule has 10 heavy (non-hydrogen) atoms. The zero-order valence-corrected chi connectivity index (χ0v) is 5.98. The van der Waals surface area contributed by atoms with Crippen LogP contribution >= 0.6 is 0 Å². The van der Waals surface area contributed by atoms with Crippen LogP contribution in [0.4, 0.5) is 0 Å². The van der Waals surface area contributed by atoms with E-state index in [4.69, 9.17) is 0 Å². The quantitative estimate of drug-likeness (QED) is 0.556. The van der Waals surface area contributed by atoms with Gasteiger partial charge in [-0.3, -0.25) is 0 Å². The molecule has 0 saturated carbocycles. The highest BCUT2D eigenvalue weighted by Gasteiger charge is 2.04. The van der Waals surface area contributed by atoms with E-state index in [-0.39, 0.29) is 0 Å². The van der Waals surface area contributed by atoms with Crippen LogP contribution in [0.2, 0.25) is 0 Å². The molecular weight excluding hydrogens is 124 g/mol. The van der Waals surface area contributed by atoms with E-state index < -0.39 is 0 Å². The average molecular weight is 136 g/mol. The molecule has 2 heteroatoms. The predicted molar refractivity (Wildman–Crippen MR) is 43.4 cm³/mol. The highest BCUT2D eigenvalue weighted by atomic mass is 15.0. The Morgan fingerprint density at radius 1 is 1.30 bits per heavy atom. The number of hydrogen-bond acceptors (Lipinski definition) is 2. The van der Waals surface area contributed by atoms with Gasteiger partial charge in [0.25, 0.3) is 0 Å². The van der Waals surface area contributed by atoms with Crippen molar-refractivity contribution in [1.29, 1.82) is 0 Å². The van der Waals surface area contributed by atoms with E-state index in [1.165, 1.54) is 0 Å². The molecule has 0 atom stereocenters. The molecular formula is C8H12N2. The fraction of sp³-hybridized carbons (Fsp3) is 0.250. The van der Waals surface area contributed by atoms with Crippen LogP contribution in [-0.2, 0) is 0 Å². The van der Waals surface area contributed by atoms with Crippen LogP contribution in [-0.4, -0.2) is 13.1 Å². The highest BCUT2D eigenvalue weighted by Crippen LogP contribution is 2.02. The molecule has 0 amide bonds. The number of hydrogen-bond donors (Lipinski definition) is 2. The summed E-state index contributed by atoms with van der Waals surface area (Å²) in [5.41, 5.74) is 1.99. The molecule has 1 saturated heterocycles. The van der Waals surface area contributed by atoms with E-state index in [1.807, 2.05) is 6.08 Å². The Morgan fingerprint density at radius 2 is 2.00 bits per heavy atom. The Bertz CT molecular complexity index is 180. The van der Waals surface area contributed by atoms with Crippen LogP contribution in [0.25, 0.3) is 0 Å². The van der Waals surface area contributed by atoms with E-state index in [2.05, 4.69) is 23.8 Å². The molecule has 1 heterocycles. The van der Waals surface area contributed by atoms with Gasteiger partial charge in [0.2, 0.25) is 0 Å². The first-order valence-electron chi connectivity index (χ1n) is 3.34. The minimum absolute atomic E-state index is 0.950. The van der Waals surface area contributed by atoms with Crippen molar-refractivity contribution in [2.24, 2.45) is 0 Å². The predicted octanol–water partition coefficient (Wildman–Crippen LogP) is 0.763. The van der Waals surface area contributed by atoms with Crippen molar-refractivity contribution < 1.29 is 0 Å². The molecule has 0 bridgehead atoms. The summed E-state index contributed by atoms with van der Waals surface area (Å²) in [4.78, 5) is 0. The third kappa shape index (κ3) is 1.41. The fourth-order valence-electron chi connectivity index (χ4n) is 0.890. The molecule has 1 fully saturated rings. The lowest BCUT2D eigenvalue weighted by Gasteiger charge is -2.20. The molecule has 0 aromatic rings. The van der Waals surface area contributed by atoms with Crippen molar-refractivity contribution in [3.63, 3.8) is 0 Å². The van der Waals surface area contributed by atoms with Gasteiger partial charge in [-0.05, 0) is 6.08 Å². The average Bonchev–Trinajstić information content (AvgIpc) is 1.94. The minimum Gasteiger partial charge on any atom is -0.382 e. The summed E-state index contributed by atoms with van der Waals surface area (Å²) in [6.07, 6.45) is 3.66. The van der Waals surface area contributed by atoms with Crippen molar-refractivity contribution in [1.82, 2.24) is 10.6 Å². The number of nitrogens with one attached hydrogen (secondary N) is 2. The van der Waals surface area contributed by atoms with Crippen LogP contribution in [0.15, 0.2) is 36.7 Å². The van der Waals surface area contributed by atoms with Gasteiger partial charge in [-0.15, -0.1) is 0 Å². The normalized spacial score (nSPS) is 21.6. The van der Waals surface area contributed by atoms with Crippen molar-refractivity contribution in [2.75, 3.05) is 13.1 Å². The largest absolute Gasteiger partial charge is 0.382 e. The number of piperazine rings is 1. The van der Waals surface area contributed by atoms with Crippen molar-refractivity contribution in [2.45, 2.75) is 0 Å². The van der Waals surface area contributed by atoms with Gasteiger partial charge < -0.3 is 10.6 Å². The molecule has 0 aromatic heterocycles. The first-order valence-corrected chi connectivity index (χ1v) is 3.34. The maximum Gasteiger partial charge on any atom is 0.0570 e. The first-order chi connectivity index (χ1) is 4.84. The summed E-state index contributed by atoms with van der Waals surface area (Å²) in [6.45, 7) is 9.34. The van der Waals surface area contributed by atoms with E-state index in [0.29, 0.717) is 0 Å². The molecule has 2 nitrogen and oxygen atoms in total. The Kier molecular flexibility index (Phi) is 2.15. The molecule has 2 N–H and O–H groups in total. The molecule has 1 rings (SSSR count). The standard InChI is InChI=1S/C8H12N2/c1-3-4-8-7(2)9-5-6-10-8/h3-4,9-10H,1-2,5-6H2/b8-4+. The summed E-state index contributed by atoms with van der Waals surface area (Å²) < 4.78 is 0. The Labute approximate surface area is 61.3 Å². The molecule has 1 aliphatic heterocycles. The third-order valence-corrected chi connectivity index (χ3v) is 1.39. The van der Waals surface area contributed by atoms with Crippen LogP contribution in [0.3, 0.4) is 0 Å². The van der Waals surface area contributed by atoms with Gasteiger partial charge in [-0.25, -0.2) is 0 Å². The van der Waals surface area contributed by atoms with Gasteiger partial charge in [0.1, 0.15) is 0 Å². The molecule has 1 aliphatic rings. The monoisotopic (exact) mass is 136 g/mol. The zero-order chi connectivity index (χ0) is 7.40. The minimum atomic E-state index is 0.950. The summed E-state index contributed by atoms with van der Waals surface area (Å²) in [5, 5.41) is 6.34. The van der Waals surface area contributed by atoms with Gasteiger partial charge in [-0.1, -0.05) is 19.2 Å². The molecule has 54 valence electrons. The van der Waals surface area contributed by atoms with Gasteiger partial charge in [0.05, 0.1) is 11.4 Å². The van der Waals surface area contributed by atoms with Crippen molar-refractivity contribution >= 4 is 0 Å². The van der Waals surface area contributed by atoms with Gasteiger partial charge in [0.15, 0.2) is 0 Å². The summed E-state index contributed by atoms with van der Waals surface area (Å²) in [5.74, 6) is 0. The van der Waals surface area contributed by atoms with Crippen LogP contribution in [0.5, 0.6) is 0 Å². The lowest BCUT2D eigenvalue weighted by molar-refractivity contribution is 0.660. The van der Waals surface area contributed by atoms with E-state index in [0.717, 1.165) is 24.5 Å². The SMILES string of the molecule is C=C/C=C1/NCCNC1=C. The zero-order valence-electron chi connectivity index (χ0n) is 5.98. The van der Waals surface area contributed by atoms with Crippen LogP contribution in [0.1, 0.15) is 0 Å². The number of rotatable bonds is 1. The maximum absolute atomic E-state index is 3.82. The number of allylic oxidation sites excluding steroid dienone is 2. The Morgan fingerprint density at radius 3 is 2.60 bits per heavy atom. The van der Waals surface area contributed by atoms with E-state index in [9.17, 15) is 0 Å². The second-order valence-corrected chi connectivity index (χ2v) is 2.15. The molecule has 0 aliphatic carbocycles. The fourth-order valence-corrected chi connectivity index (χ4v) is 0.890. The molecule has 0 unspecified atom stereocenters. The summed E-state index contributed by atoms with van der Waals surface area (Å²) in [7, 11) is 0. The second-order valence-electron chi connectivity index (χ2n) is 2.15. The smallest absolute Gasteiger partial charge is 0.0570 e. The maximum atomic E-state index is 3.82. The third-order valence-electron chi connectivity index (χ3n) is 1.39. The molecule has 0 radical (unpaired) electrons. The van der Waals surface area contributed by atoms with Crippen LogP contribution in [0, 0.1) is 0 Å². The summed E-state index contributed by atoms with van der Waals surface area (Å²) >= 11 is 0. The second kappa shape index (κ2) is 3.11. The lowest BCUT2D eigenvalue weighted by Crippen LogP contribution is -2.35. The van der Waals surface area contributed by atoms with E-state index >= 15 is 0 Å². The topological polar surface area (TPSA) is 24.1 Å². The van der Waals surface area contributed by atoms with Crippen LogP contribution < -0.4 is 10.6 Å². The van der Waals surface area contributed by atoms with Crippen molar-refractivity contribution in [3.8, 4) is 0 Å². The van der Waals surface area contributed by atoms with Crippen molar-refractivity contribution in [3.05, 3.63) is 36.7 Å². The summed E-state index contributed by atoms with van der Waals surface area (Å²) in [6, 6.07) is 0. The Balaban J connectivity index is 2.64. The van der Waals surface area contributed by atoms with Gasteiger partial charge in [0, 0.05) is 13.1 Å². The first kappa shape index (κ1) is 6.93. The highest BCUT2D eigenvalue weighted by molar-refractivity contribution is 5.29. The van der Waals surface area contributed by atoms with Gasteiger partial charge in [-0.2, -0.15) is 0 Å². The lowest BCUT2D eigenvalue weighted by atomic mass is 10.2. The van der Waals surface area contributed by atoms with Gasteiger partial charge >= 0.3 is 0 Å². The molecule has 0 spiro atoms. The molecule has 0 aromatic carbocycles. The van der Waals surface area contributed by atoms with E-state index in [1.54, 1.807) is 6.08 Å².